The molecule has 144 valence electrons. The van der Waals surface area contributed by atoms with Gasteiger partial charge in [-0.15, -0.1) is 5.10 Å². The third-order valence-corrected chi connectivity index (χ3v) is 4.05. The Morgan fingerprint density at radius 3 is 2.59 bits per heavy atom. The molecule has 0 bridgehead atoms. The first kappa shape index (κ1) is 18.0. The first-order valence-corrected chi connectivity index (χ1v) is 8.49. The molecule has 4 rings (SSSR count). The summed E-state index contributed by atoms with van der Waals surface area (Å²) >= 11 is 0. The van der Waals surface area contributed by atoms with Gasteiger partial charge in [-0.05, 0) is 29.4 Å². The van der Waals surface area contributed by atoms with Crippen molar-refractivity contribution in [2.75, 3.05) is 5.73 Å². The van der Waals surface area contributed by atoms with Crippen molar-refractivity contribution in [3.05, 3.63) is 66.1 Å². The maximum absolute atomic E-state index is 12.8. The molecular weight excluding hydrogens is 374 g/mol. The van der Waals surface area contributed by atoms with Crippen LogP contribution in [0.1, 0.15) is 23.0 Å². The van der Waals surface area contributed by atoms with Gasteiger partial charge in [0.25, 0.3) is 5.91 Å². The molecule has 0 spiro atoms. The fourth-order valence-electron chi connectivity index (χ4n) is 2.62. The number of nitrogen functional groups attached to an aromatic ring is 1. The highest BCUT2D eigenvalue weighted by Gasteiger charge is 2.25. The van der Waals surface area contributed by atoms with Gasteiger partial charge in [-0.2, -0.15) is 9.78 Å². The lowest BCUT2D eigenvalue weighted by Crippen LogP contribution is -2.21. The largest absolute Gasteiger partial charge is 0.378 e. The van der Waals surface area contributed by atoms with Gasteiger partial charge in [0.05, 0.1) is 5.71 Å². The molecule has 3 N–H and O–H groups in total. The molecule has 0 fully saturated rings. The number of nitrogens with two attached hydrogens (primary N) is 1. The van der Waals surface area contributed by atoms with Crippen LogP contribution in [0.3, 0.4) is 0 Å². The standard InChI is InChI=1S/C18H15N9O2/c1-11(12-7-9-20-10-8-12)21-23-18(28)14-15(13-5-3-2-4-6-13)27(26-22-14)17-16(19)24-29-25-17/h2-10H,1H3,(H2,19,24)(H,23,28). The van der Waals surface area contributed by atoms with Crippen molar-refractivity contribution < 1.29 is 9.42 Å². The van der Waals surface area contributed by atoms with Crippen LogP contribution in [0, 0.1) is 0 Å². The molecule has 0 radical (unpaired) electrons. The van der Waals surface area contributed by atoms with Gasteiger partial charge in [0, 0.05) is 23.5 Å². The molecule has 11 nitrogen and oxygen atoms in total. The van der Waals surface area contributed by atoms with Crippen LogP contribution in [-0.2, 0) is 0 Å². The van der Waals surface area contributed by atoms with Gasteiger partial charge in [0.15, 0.2) is 5.69 Å². The van der Waals surface area contributed by atoms with E-state index in [1.807, 2.05) is 18.2 Å². The number of rotatable bonds is 5. The third kappa shape index (κ3) is 3.56. The summed E-state index contributed by atoms with van der Waals surface area (Å²) < 4.78 is 5.95. The number of carbonyl (C=O) groups is 1. The van der Waals surface area contributed by atoms with E-state index in [1.54, 1.807) is 43.6 Å². The van der Waals surface area contributed by atoms with Gasteiger partial charge < -0.3 is 5.73 Å². The molecule has 1 amide bonds. The van der Waals surface area contributed by atoms with Crippen molar-refractivity contribution in [2.45, 2.75) is 6.92 Å². The maximum atomic E-state index is 12.8. The first-order chi connectivity index (χ1) is 14.1. The average molecular weight is 389 g/mol. The van der Waals surface area contributed by atoms with E-state index in [-0.39, 0.29) is 17.3 Å². The molecule has 4 aromatic rings. The van der Waals surface area contributed by atoms with Crippen LogP contribution < -0.4 is 11.2 Å². The highest BCUT2D eigenvalue weighted by Crippen LogP contribution is 2.26. The summed E-state index contributed by atoms with van der Waals surface area (Å²) in [4.78, 5) is 16.8. The molecule has 0 unspecified atom stereocenters. The Balaban J connectivity index is 1.71. The quantitative estimate of drug-likeness (QED) is 0.384. The molecule has 0 saturated heterocycles. The van der Waals surface area contributed by atoms with E-state index in [4.69, 9.17) is 5.73 Å². The van der Waals surface area contributed by atoms with Crippen LogP contribution in [0.2, 0.25) is 0 Å². The van der Waals surface area contributed by atoms with E-state index in [0.717, 1.165) is 5.56 Å². The van der Waals surface area contributed by atoms with E-state index in [1.165, 1.54) is 4.68 Å². The van der Waals surface area contributed by atoms with Crippen molar-refractivity contribution in [2.24, 2.45) is 5.10 Å². The van der Waals surface area contributed by atoms with Crippen LogP contribution >= 0.6 is 0 Å². The van der Waals surface area contributed by atoms with Crippen molar-refractivity contribution in [1.82, 2.24) is 35.7 Å². The highest BCUT2D eigenvalue weighted by atomic mass is 16.6. The van der Waals surface area contributed by atoms with Crippen molar-refractivity contribution in [3.63, 3.8) is 0 Å². The Kier molecular flexibility index (Phi) is 4.76. The van der Waals surface area contributed by atoms with Crippen LogP contribution in [0.15, 0.2) is 64.6 Å². The topological polar surface area (TPSA) is 150 Å². The third-order valence-electron chi connectivity index (χ3n) is 4.05. The summed E-state index contributed by atoms with van der Waals surface area (Å²) in [6.07, 6.45) is 3.29. The monoisotopic (exact) mass is 389 g/mol. The Labute approximate surface area is 164 Å². The summed E-state index contributed by atoms with van der Waals surface area (Å²) in [5, 5.41) is 19.4. The Bertz CT molecular complexity index is 1170. The molecule has 3 heterocycles. The minimum atomic E-state index is -0.543. The molecule has 3 aromatic heterocycles. The van der Waals surface area contributed by atoms with Crippen molar-refractivity contribution >= 4 is 17.4 Å². The molecule has 0 aliphatic heterocycles. The molecule has 0 atom stereocenters. The molecule has 0 aliphatic rings. The number of nitrogens with zero attached hydrogens (tertiary/aromatic N) is 7. The van der Waals surface area contributed by atoms with Gasteiger partial charge in [-0.1, -0.05) is 35.5 Å². The number of hydrogen-bond donors (Lipinski definition) is 2. The van der Waals surface area contributed by atoms with E-state index in [0.29, 0.717) is 17.0 Å². The second kappa shape index (κ2) is 7.68. The number of benzene rings is 1. The van der Waals surface area contributed by atoms with Crippen LogP contribution in [0.5, 0.6) is 0 Å². The average Bonchev–Trinajstić information content (AvgIpc) is 3.39. The molecule has 11 heteroatoms. The number of carbonyl (C=O) groups excluding carboxylic acids is 1. The lowest BCUT2D eigenvalue weighted by molar-refractivity contribution is 0.0950. The van der Waals surface area contributed by atoms with Gasteiger partial charge >= 0.3 is 0 Å². The summed E-state index contributed by atoms with van der Waals surface area (Å²) in [5.74, 6) is -0.393. The second-order valence-electron chi connectivity index (χ2n) is 5.91. The lowest BCUT2D eigenvalue weighted by Gasteiger charge is -2.06. The van der Waals surface area contributed by atoms with Crippen LogP contribution in [0.4, 0.5) is 5.82 Å². The molecule has 29 heavy (non-hydrogen) atoms. The predicted molar refractivity (Wildman–Crippen MR) is 103 cm³/mol. The number of nitrogens with one attached hydrogen (secondary N) is 1. The zero-order valence-corrected chi connectivity index (χ0v) is 15.2. The molecular formula is C18H15N9O2. The summed E-state index contributed by atoms with van der Waals surface area (Å²) in [6, 6.07) is 12.7. The number of hydrogen-bond acceptors (Lipinski definition) is 9. The number of aromatic nitrogens is 6. The van der Waals surface area contributed by atoms with Crippen LogP contribution in [-0.4, -0.2) is 41.9 Å². The summed E-state index contributed by atoms with van der Waals surface area (Å²) in [7, 11) is 0. The van der Waals surface area contributed by atoms with Crippen molar-refractivity contribution in [1.29, 1.82) is 0 Å². The second-order valence-corrected chi connectivity index (χ2v) is 5.91. The number of anilines is 1. The summed E-state index contributed by atoms with van der Waals surface area (Å²) in [6.45, 7) is 1.77. The fourth-order valence-corrected chi connectivity index (χ4v) is 2.62. The Morgan fingerprint density at radius 2 is 1.90 bits per heavy atom. The van der Waals surface area contributed by atoms with Gasteiger partial charge in [0.2, 0.25) is 11.6 Å². The SMILES string of the molecule is CC(=NNC(=O)c1nnn(-c2nonc2N)c1-c1ccccc1)c1ccncc1. The van der Waals surface area contributed by atoms with Gasteiger partial charge in [0.1, 0.15) is 5.69 Å². The lowest BCUT2D eigenvalue weighted by atomic mass is 10.1. The number of pyridine rings is 1. The van der Waals surface area contributed by atoms with Gasteiger partial charge in [-0.3, -0.25) is 9.78 Å². The predicted octanol–water partition coefficient (Wildman–Crippen LogP) is 1.45. The van der Waals surface area contributed by atoms with E-state index in [9.17, 15) is 4.79 Å². The molecule has 0 saturated carbocycles. The highest BCUT2D eigenvalue weighted by molar-refractivity contribution is 6.02. The summed E-state index contributed by atoms with van der Waals surface area (Å²) in [5.41, 5.74) is 10.8. The van der Waals surface area contributed by atoms with E-state index >= 15 is 0 Å². The fraction of sp³-hybridized carbons (Fsp3) is 0.0556. The van der Waals surface area contributed by atoms with Gasteiger partial charge in [-0.25, -0.2) is 10.1 Å². The minimum Gasteiger partial charge on any atom is -0.378 e. The molecule has 0 aliphatic carbocycles. The minimum absolute atomic E-state index is 0.0191. The number of amides is 1. The molecule has 1 aromatic carbocycles. The van der Waals surface area contributed by atoms with Crippen LogP contribution in [0.25, 0.3) is 17.1 Å². The maximum Gasteiger partial charge on any atom is 0.294 e. The normalized spacial score (nSPS) is 11.4. The van der Waals surface area contributed by atoms with Crippen molar-refractivity contribution in [3.8, 4) is 17.1 Å². The van der Waals surface area contributed by atoms with E-state index < -0.39 is 5.91 Å². The zero-order chi connectivity index (χ0) is 20.2. The first-order valence-electron chi connectivity index (χ1n) is 8.49. The Morgan fingerprint density at radius 1 is 1.14 bits per heavy atom. The zero-order valence-electron chi connectivity index (χ0n) is 15.2. The Hall–Kier alpha value is -4.41. The smallest absolute Gasteiger partial charge is 0.294 e. The van der Waals surface area contributed by atoms with E-state index in [2.05, 4.69) is 40.8 Å². The number of hydrazone groups is 1.